The van der Waals surface area contributed by atoms with Crippen LogP contribution in [-0.4, -0.2) is 30.4 Å². The van der Waals surface area contributed by atoms with E-state index in [9.17, 15) is 14.4 Å². The molecular formula is C11H9NO3. The fourth-order valence-corrected chi connectivity index (χ4v) is 1.70. The number of carbonyl (C=O) groups is 3. The molecule has 4 nitrogen and oxygen atoms in total. The zero-order chi connectivity index (χ0) is 11.0. The van der Waals surface area contributed by atoms with Gasteiger partial charge in [-0.1, -0.05) is 24.3 Å². The van der Waals surface area contributed by atoms with E-state index in [-0.39, 0.29) is 11.3 Å². The number of Topliss-reactive ketones (excluding diaryl/α,β-unsaturated/α-hetero) is 3. The zero-order valence-electron chi connectivity index (χ0n) is 8.11. The summed E-state index contributed by atoms with van der Waals surface area (Å²) in [5.41, 5.74) is 0.528. The molecule has 1 aromatic carbocycles. The number of nitrogens with one attached hydrogen (secondary N) is 1. The van der Waals surface area contributed by atoms with Crippen molar-refractivity contribution in [3.8, 4) is 0 Å². The van der Waals surface area contributed by atoms with Gasteiger partial charge in [0.05, 0.1) is 0 Å². The van der Waals surface area contributed by atoms with Crippen molar-refractivity contribution < 1.29 is 14.4 Å². The number of carbonyl (C=O) groups excluding carboxylic acids is 3. The number of likely N-dealkylation sites (N-methyl/N-ethyl adjacent to an activating group) is 1. The molecule has 0 radical (unpaired) electrons. The lowest BCUT2D eigenvalue weighted by atomic mass is 9.85. The van der Waals surface area contributed by atoms with Crippen LogP contribution in [0.5, 0.6) is 0 Å². The Morgan fingerprint density at radius 3 is 2.20 bits per heavy atom. The van der Waals surface area contributed by atoms with Gasteiger partial charge in [0, 0.05) is 11.1 Å². The standard InChI is InChI=1S/C11H9NO3/c1-12-8-9(13)6-4-2-3-5-7(6)10(14)11(8)15/h2-5,8,12H,1H3. The molecule has 0 saturated carbocycles. The van der Waals surface area contributed by atoms with Crippen molar-refractivity contribution in [3.05, 3.63) is 35.4 Å². The summed E-state index contributed by atoms with van der Waals surface area (Å²) in [6.45, 7) is 0. The summed E-state index contributed by atoms with van der Waals surface area (Å²) < 4.78 is 0. The Hall–Kier alpha value is -1.81. The highest BCUT2D eigenvalue weighted by Crippen LogP contribution is 2.18. The summed E-state index contributed by atoms with van der Waals surface area (Å²) in [5, 5.41) is 2.55. The Kier molecular flexibility index (Phi) is 2.21. The molecule has 1 atom stereocenters. The minimum Gasteiger partial charge on any atom is -0.304 e. The largest absolute Gasteiger partial charge is 0.304 e. The fraction of sp³-hybridized carbons (Fsp3) is 0.182. The number of fused-ring (bicyclic) bond motifs is 1. The monoisotopic (exact) mass is 203 g/mol. The van der Waals surface area contributed by atoms with Gasteiger partial charge in [0.2, 0.25) is 11.6 Å². The summed E-state index contributed by atoms with van der Waals surface area (Å²) in [7, 11) is 1.49. The maximum atomic E-state index is 11.8. The molecular weight excluding hydrogens is 194 g/mol. The van der Waals surface area contributed by atoms with Crippen LogP contribution in [0.15, 0.2) is 24.3 Å². The molecule has 0 amide bonds. The van der Waals surface area contributed by atoms with E-state index in [0.717, 1.165) is 0 Å². The summed E-state index contributed by atoms with van der Waals surface area (Å²) in [4.78, 5) is 34.9. The molecule has 0 bridgehead atoms. The topological polar surface area (TPSA) is 63.2 Å². The van der Waals surface area contributed by atoms with Crippen molar-refractivity contribution in [1.29, 1.82) is 0 Å². The minimum atomic E-state index is -1.02. The van der Waals surface area contributed by atoms with Crippen LogP contribution in [0, 0.1) is 0 Å². The van der Waals surface area contributed by atoms with Gasteiger partial charge in [-0.25, -0.2) is 0 Å². The SMILES string of the molecule is CNC1C(=O)C(=O)c2ccccc2C1=O. The number of ketones is 3. The van der Waals surface area contributed by atoms with Crippen molar-refractivity contribution in [2.45, 2.75) is 6.04 Å². The highest BCUT2D eigenvalue weighted by Gasteiger charge is 2.38. The third-order valence-corrected chi connectivity index (χ3v) is 2.47. The van der Waals surface area contributed by atoms with E-state index in [4.69, 9.17) is 0 Å². The van der Waals surface area contributed by atoms with Crippen LogP contribution < -0.4 is 5.32 Å². The van der Waals surface area contributed by atoms with Crippen LogP contribution in [0.4, 0.5) is 0 Å². The maximum Gasteiger partial charge on any atom is 0.231 e. The number of rotatable bonds is 1. The molecule has 0 fully saturated rings. The van der Waals surface area contributed by atoms with Gasteiger partial charge in [-0.15, -0.1) is 0 Å². The first kappa shape index (κ1) is 9.73. The van der Waals surface area contributed by atoms with Crippen molar-refractivity contribution in [2.24, 2.45) is 0 Å². The Balaban J connectivity index is 2.62. The van der Waals surface area contributed by atoms with Crippen LogP contribution in [-0.2, 0) is 4.79 Å². The lowest BCUT2D eigenvalue weighted by molar-refractivity contribution is -0.116. The van der Waals surface area contributed by atoms with Crippen LogP contribution in [0.25, 0.3) is 0 Å². The van der Waals surface area contributed by atoms with Crippen LogP contribution in [0.3, 0.4) is 0 Å². The van der Waals surface area contributed by atoms with E-state index >= 15 is 0 Å². The van der Waals surface area contributed by atoms with Gasteiger partial charge in [-0.3, -0.25) is 14.4 Å². The lowest BCUT2D eigenvalue weighted by Gasteiger charge is -2.20. The van der Waals surface area contributed by atoms with Crippen molar-refractivity contribution >= 4 is 17.3 Å². The third-order valence-electron chi connectivity index (χ3n) is 2.47. The Bertz CT molecular complexity index is 465. The first-order valence-corrected chi connectivity index (χ1v) is 4.56. The van der Waals surface area contributed by atoms with E-state index in [2.05, 4.69) is 5.32 Å². The smallest absolute Gasteiger partial charge is 0.231 e. The number of hydrogen-bond donors (Lipinski definition) is 1. The summed E-state index contributed by atoms with van der Waals surface area (Å²) >= 11 is 0. The Morgan fingerprint density at radius 2 is 1.60 bits per heavy atom. The van der Waals surface area contributed by atoms with Gasteiger partial charge in [0.15, 0.2) is 5.78 Å². The second-order valence-electron chi connectivity index (χ2n) is 3.32. The van der Waals surface area contributed by atoms with E-state index in [1.165, 1.54) is 13.1 Å². The van der Waals surface area contributed by atoms with Crippen LogP contribution >= 0.6 is 0 Å². The highest BCUT2D eigenvalue weighted by atomic mass is 16.2. The third kappa shape index (κ3) is 1.30. The first-order valence-electron chi connectivity index (χ1n) is 4.56. The van der Waals surface area contributed by atoms with Gasteiger partial charge in [-0.05, 0) is 7.05 Å². The van der Waals surface area contributed by atoms with Crippen LogP contribution in [0.1, 0.15) is 20.7 Å². The molecule has 1 unspecified atom stereocenters. The summed E-state index contributed by atoms with van der Waals surface area (Å²) in [6.07, 6.45) is 0. The van der Waals surface area contributed by atoms with E-state index in [1.807, 2.05) is 0 Å². The molecule has 1 aliphatic carbocycles. The average Bonchev–Trinajstić information content (AvgIpc) is 2.27. The molecule has 2 rings (SSSR count). The molecule has 4 heteroatoms. The minimum absolute atomic E-state index is 0.207. The number of hydrogen-bond acceptors (Lipinski definition) is 4. The van der Waals surface area contributed by atoms with E-state index < -0.39 is 17.6 Å². The molecule has 76 valence electrons. The van der Waals surface area contributed by atoms with Gasteiger partial charge < -0.3 is 5.32 Å². The Labute approximate surface area is 86.3 Å². The number of benzene rings is 1. The lowest BCUT2D eigenvalue weighted by Crippen LogP contribution is -2.48. The summed E-state index contributed by atoms with van der Waals surface area (Å²) in [5.74, 6) is -1.61. The van der Waals surface area contributed by atoms with Gasteiger partial charge in [-0.2, -0.15) is 0 Å². The van der Waals surface area contributed by atoms with Crippen molar-refractivity contribution in [1.82, 2.24) is 5.32 Å². The van der Waals surface area contributed by atoms with Gasteiger partial charge >= 0.3 is 0 Å². The summed E-state index contributed by atoms with van der Waals surface area (Å²) in [6, 6.07) is 5.35. The zero-order valence-corrected chi connectivity index (χ0v) is 8.11. The quantitative estimate of drug-likeness (QED) is 0.524. The fourth-order valence-electron chi connectivity index (χ4n) is 1.70. The van der Waals surface area contributed by atoms with Crippen LogP contribution in [0.2, 0.25) is 0 Å². The molecule has 1 N–H and O–H groups in total. The predicted octanol–water partition coefficient (Wildman–Crippen LogP) is 0.223. The van der Waals surface area contributed by atoms with Crippen molar-refractivity contribution in [3.63, 3.8) is 0 Å². The first-order chi connectivity index (χ1) is 7.16. The molecule has 0 heterocycles. The van der Waals surface area contributed by atoms with Gasteiger partial charge in [0.25, 0.3) is 0 Å². The highest BCUT2D eigenvalue weighted by molar-refractivity contribution is 6.53. The second-order valence-corrected chi connectivity index (χ2v) is 3.32. The Morgan fingerprint density at radius 1 is 1.00 bits per heavy atom. The maximum absolute atomic E-state index is 11.8. The second kappa shape index (κ2) is 3.40. The van der Waals surface area contributed by atoms with Gasteiger partial charge in [0.1, 0.15) is 6.04 Å². The normalized spacial score (nSPS) is 20.3. The molecule has 1 aromatic rings. The van der Waals surface area contributed by atoms with E-state index in [0.29, 0.717) is 5.56 Å². The predicted molar refractivity (Wildman–Crippen MR) is 53.0 cm³/mol. The molecule has 15 heavy (non-hydrogen) atoms. The average molecular weight is 203 g/mol. The molecule has 0 saturated heterocycles. The van der Waals surface area contributed by atoms with Crippen molar-refractivity contribution in [2.75, 3.05) is 7.05 Å². The molecule has 0 spiro atoms. The molecule has 0 aromatic heterocycles. The molecule has 1 aliphatic rings. The van der Waals surface area contributed by atoms with E-state index in [1.54, 1.807) is 18.2 Å². The molecule has 0 aliphatic heterocycles.